The van der Waals surface area contributed by atoms with Gasteiger partial charge in [0.2, 0.25) is 0 Å². The van der Waals surface area contributed by atoms with E-state index in [1.54, 1.807) is 46.5 Å². The molecule has 81 heavy (non-hydrogen) atoms. The second kappa shape index (κ2) is 34.3. The fourth-order valence-electron chi connectivity index (χ4n) is 13.3. The third kappa shape index (κ3) is 17.8. The van der Waals surface area contributed by atoms with Gasteiger partial charge in [-0.25, -0.2) is 0 Å². The van der Waals surface area contributed by atoms with Crippen LogP contribution in [0.1, 0.15) is 230 Å². The number of fused-ring (bicyclic) bond motifs is 6. The summed E-state index contributed by atoms with van der Waals surface area (Å²) in [5, 5.41) is 17.2. The highest BCUT2D eigenvalue weighted by Gasteiger charge is 2.44. The molecule has 2 aliphatic rings. The SMILES string of the molecule is CCCCCCCCC1(CCCCCCCC)c2cc(-c3ccccc3)ccc2-c2ccc(-c3ccccc3)cc21.CCCCCCCCC1(CCCCCCCC)c2cc(Br)ccc2-c2ccc(Br)cc21.OB(O)c1ccccc1. The fraction of sp³-hybridized carbons (Fsp3) is 0.447. The Labute approximate surface area is 508 Å². The van der Waals surface area contributed by atoms with Gasteiger partial charge in [-0.1, -0.05) is 341 Å². The maximum absolute atomic E-state index is 8.58. The molecule has 0 aromatic heterocycles. The number of hydrogen-bond donors (Lipinski definition) is 2. The summed E-state index contributed by atoms with van der Waals surface area (Å²) in [5.41, 5.74) is 18.3. The Balaban J connectivity index is 0.000000208. The van der Waals surface area contributed by atoms with Crippen molar-refractivity contribution in [1.29, 1.82) is 0 Å². The first-order valence-electron chi connectivity index (χ1n) is 32.1. The van der Waals surface area contributed by atoms with Gasteiger partial charge in [0.05, 0.1) is 0 Å². The van der Waals surface area contributed by atoms with Gasteiger partial charge < -0.3 is 10.0 Å². The first-order chi connectivity index (χ1) is 39.7. The molecule has 2 N–H and O–H groups in total. The van der Waals surface area contributed by atoms with Crippen LogP contribution in [0.25, 0.3) is 44.5 Å². The van der Waals surface area contributed by atoms with Gasteiger partial charge in [-0.3, -0.25) is 0 Å². The summed E-state index contributed by atoms with van der Waals surface area (Å²) in [6.07, 6.45) is 37.6. The Bertz CT molecular complexity index is 2720. The van der Waals surface area contributed by atoms with Crippen molar-refractivity contribution in [3.63, 3.8) is 0 Å². The van der Waals surface area contributed by atoms with Gasteiger partial charge >= 0.3 is 7.12 Å². The first kappa shape index (κ1) is 64.1. The minimum Gasteiger partial charge on any atom is -0.423 e. The van der Waals surface area contributed by atoms with Gasteiger partial charge in [-0.15, -0.1) is 0 Å². The summed E-state index contributed by atoms with van der Waals surface area (Å²) in [6.45, 7) is 9.24. The molecule has 0 unspecified atom stereocenters. The number of rotatable bonds is 31. The van der Waals surface area contributed by atoms with Crippen LogP contribution in [0, 0.1) is 0 Å². The van der Waals surface area contributed by atoms with Crippen LogP contribution in [-0.2, 0) is 10.8 Å². The van der Waals surface area contributed by atoms with Crippen LogP contribution in [0.3, 0.4) is 0 Å². The lowest BCUT2D eigenvalue weighted by atomic mass is 9.70. The molecule has 0 radical (unpaired) electrons. The molecule has 5 heteroatoms. The zero-order valence-corrected chi connectivity index (χ0v) is 53.3. The molecule has 0 saturated heterocycles. The zero-order valence-electron chi connectivity index (χ0n) is 50.1. The van der Waals surface area contributed by atoms with Crippen LogP contribution in [0.5, 0.6) is 0 Å². The molecule has 0 spiro atoms. The van der Waals surface area contributed by atoms with E-state index >= 15 is 0 Å². The van der Waals surface area contributed by atoms with E-state index in [4.69, 9.17) is 10.0 Å². The normalized spacial score (nSPS) is 13.0. The van der Waals surface area contributed by atoms with E-state index in [-0.39, 0.29) is 10.8 Å². The first-order valence-corrected chi connectivity index (χ1v) is 33.7. The molecule has 0 fully saturated rings. The van der Waals surface area contributed by atoms with Crippen molar-refractivity contribution < 1.29 is 10.0 Å². The topological polar surface area (TPSA) is 40.5 Å². The molecule has 0 heterocycles. The predicted molar refractivity (Wildman–Crippen MR) is 360 cm³/mol. The van der Waals surface area contributed by atoms with Crippen molar-refractivity contribution in [2.24, 2.45) is 0 Å². The van der Waals surface area contributed by atoms with Crippen molar-refractivity contribution in [3.05, 3.63) is 195 Å². The summed E-state index contributed by atoms with van der Waals surface area (Å²) in [7, 11) is -1.34. The molecule has 0 amide bonds. The Morgan fingerprint density at radius 2 is 0.568 bits per heavy atom. The molecule has 0 atom stereocenters. The van der Waals surface area contributed by atoms with E-state index in [0.29, 0.717) is 5.46 Å². The molecule has 0 bridgehead atoms. The van der Waals surface area contributed by atoms with Crippen LogP contribution in [-0.4, -0.2) is 17.2 Å². The minimum atomic E-state index is -1.34. The lowest BCUT2D eigenvalue weighted by Crippen LogP contribution is -2.29. The van der Waals surface area contributed by atoms with Gasteiger partial charge in [-0.2, -0.15) is 0 Å². The van der Waals surface area contributed by atoms with Gasteiger partial charge in [0.1, 0.15) is 0 Å². The van der Waals surface area contributed by atoms with Crippen LogP contribution in [0.2, 0.25) is 0 Å². The summed E-state index contributed by atoms with van der Waals surface area (Å²) in [6, 6.07) is 59.3. The van der Waals surface area contributed by atoms with Crippen molar-refractivity contribution in [1.82, 2.24) is 0 Å². The molecular weight excluding hydrogens is 1120 g/mol. The Hall–Kier alpha value is -4.52. The third-order valence-corrected chi connectivity index (χ3v) is 18.8. The largest absolute Gasteiger partial charge is 0.488 e. The highest BCUT2D eigenvalue weighted by molar-refractivity contribution is 9.10. The van der Waals surface area contributed by atoms with Crippen molar-refractivity contribution in [2.75, 3.05) is 0 Å². The van der Waals surface area contributed by atoms with Gasteiger partial charge in [0.25, 0.3) is 0 Å². The average molecular weight is 1210 g/mol. The Morgan fingerprint density at radius 1 is 0.296 bits per heavy atom. The summed E-state index contributed by atoms with van der Waals surface area (Å²) < 4.78 is 2.43. The molecule has 0 saturated carbocycles. The molecule has 430 valence electrons. The Morgan fingerprint density at radius 3 is 0.864 bits per heavy atom. The van der Waals surface area contributed by atoms with Crippen LogP contribution in [0.15, 0.2) is 173 Å². The van der Waals surface area contributed by atoms with E-state index < -0.39 is 7.12 Å². The van der Waals surface area contributed by atoms with Crippen molar-refractivity contribution >= 4 is 44.4 Å². The van der Waals surface area contributed by atoms with Crippen molar-refractivity contribution in [3.8, 4) is 44.5 Å². The second-order valence-electron chi connectivity index (χ2n) is 23.7. The molecule has 2 aliphatic carbocycles. The van der Waals surface area contributed by atoms with E-state index in [2.05, 4.69) is 193 Å². The lowest BCUT2D eigenvalue weighted by Gasteiger charge is -2.33. The number of benzene rings is 7. The number of halogens is 2. The van der Waals surface area contributed by atoms with Gasteiger partial charge in [0.15, 0.2) is 0 Å². The molecule has 9 rings (SSSR count). The minimum absolute atomic E-state index is 0.0930. The molecule has 0 aliphatic heterocycles. The van der Waals surface area contributed by atoms with E-state index in [0.717, 1.165) is 0 Å². The summed E-state index contributed by atoms with van der Waals surface area (Å²) >= 11 is 7.57. The van der Waals surface area contributed by atoms with Gasteiger partial charge in [0, 0.05) is 19.8 Å². The van der Waals surface area contributed by atoms with Crippen LogP contribution in [0.4, 0.5) is 0 Å². The quantitative estimate of drug-likeness (QED) is 0.0336. The van der Waals surface area contributed by atoms with E-state index in [9.17, 15) is 0 Å². The average Bonchev–Trinajstić information content (AvgIpc) is 3.93. The van der Waals surface area contributed by atoms with Crippen molar-refractivity contribution in [2.45, 2.75) is 218 Å². The van der Waals surface area contributed by atoms with Gasteiger partial charge in [-0.05, 0) is 134 Å². The number of hydrogen-bond acceptors (Lipinski definition) is 2. The highest BCUT2D eigenvalue weighted by Crippen LogP contribution is 2.57. The van der Waals surface area contributed by atoms with Crippen LogP contribution < -0.4 is 5.46 Å². The predicted octanol–water partition coefficient (Wildman–Crippen LogP) is 23.1. The smallest absolute Gasteiger partial charge is 0.423 e. The van der Waals surface area contributed by atoms with E-state index in [1.165, 1.54) is 233 Å². The maximum atomic E-state index is 8.58. The van der Waals surface area contributed by atoms with E-state index in [1.807, 2.05) is 6.07 Å². The maximum Gasteiger partial charge on any atom is 0.488 e. The van der Waals surface area contributed by atoms with Crippen LogP contribution >= 0.6 is 31.9 Å². The monoisotopic (exact) mass is 1210 g/mol. The third-order valence-electron chi connectivity index (χ3n) is 17.8. The number of unbranched alkanes of at least 4 members (excludes halogenated alkanes) is 20. The summed E-state index contributed by atoms with van der Waals surface area (Å²) in [4.78, 5) is 0. The highest BCUT2D eigenvalue weighted by atomic mass is 79.9. The molecular formula is C76H97BBr2O2. The molecule has 7 aromatic carbocycles. The second-order valence-corrected chi connectivity index (χ2v) is 25.5. The Kier molecular flexibility index (Phi) is 27.1. The molecule has 7 aromatic rings. The fourth-order valence-corrected chi connectivity index (χ4v) is 14.1. The molecule has 2 nitrogen and oxygen atoms in total. The summed E-state index contributed by atoms with van der Waals surface area (Å²) in [5.74, 6) is 0. The lowest BCUT2D eigenvalue weighted by molar-refractivity contribution is 0.397. The zero-order chi connectivity index (χ0) is 57.1. The standard InChI is InChI=1S/C41H50.C29H40Br2.C6H7BO2/c1-3-5-7-9-11-19-29-41(30-20-12-10-8-6-4-2)39-31-35(33-21-15-13-16-22-33)25-27-37(39)38-28-26-36(32-40(38)41)34-23-17-14-18-24-34;1-3-5-7-9-11-13-19-29(20-14-12-10-8-6-4-2)27-21-23(30)15-17-25(27)26-18-16-24(31)22-28(26)29;8-7(9)6-4-2-1-3-5-6/h13-18,21-28,31-32H,3-12,19-20,29-30H2,1-2H3;15-18,21-22H,3-14,19-20H2,1-2H3;1-5,8-9H.